The summed E-state index contributed by atoms with van der Waals surface area (Å²) < 4.78 is 8.42. The number of hydrogen-bond acceptors (Lipinski definition) is 2. The molecule has 0 bridgehead atoms. The third-order valence-electron chi connectivity index (χ3n) is 4.90. The SMILES string of the molecule is Cc1ccccc1-c1c2c(cc[n+]1C)oc1c2ccc2cccnc21. The Morgan fingerprint density at radius 3 is 2.72 bits per heavy atom. The maximum Gasteiger partial charge on any atom is 0.224 e. The Hall–Kier alpha value is -3.20. The molecule has 0 atom stereocenters. The van der Waals surface area contributed by atoms with Gasteiger partial charge in [0.1, 0.15) is 23.5 Å². The van der Waals surface area contributed by atoms with Crippen LogP contribution < -0.4 is 4.57 Å². The Labute approximate surface area is 145 Å². The molecule has 3 heterocycles. The van der Waals surface area contributed by atoms with Crippen LogP contribution in [0.15, 0.2) is 71.4 Å². The quantitative estimate of drug-likeness (QED) is 0.409. The van der Waals surface area contributed by atoms with E-state index in [1.807, 2.05) is 18.3 Å². The van der Waals surface area contributed by atoms with Gasteiger partial charge in [0.15, 0.2) is 11.8 Å². The molecule has 5 aromatic rings. The Bertz CT molecular complexity index is 1270. The second-order valence-electron chi connectivity index (χ2n) is 6.45. The maximum atomic E-state index is 6.25. The van der Waals surface area contributed by atoms with Gasteiger partial charge in [-0.05, 0) is 30.7 Å². The van der Waals surface area contributed by atoms with Gasteiger partial charge in [0.05, 0.1) is 0 Å². The van der Waals surface area contributed by atoms with E-state index in [-0.39, 0.29) is 0 Å². The molecular formula is C22H17N2O+. The first-order valence-electron chi connectivity index (χ1n) is 8.38. The molecule has 0 unspecified atom stereocenters. The average molecular weight is 325 g/mol. The predicted molar refractivity (Wildman–Crippen MR) is 100 cm³/mol. The van der Waals surface area contributed by atoms with Gasteiger partial charge in [-0.3, -0.25) is 4.98 Å². The van der Waals surface area contributed by atoms with Crippen LogP contribution in [0.5, 0.6) is 0 Å². The van der Waals surface area contributed by atoms with Crippen LogP contribution in [0, 0.1) is 6.92 Å². The van der Waals surface area contributed by atoms with Crippen molar-refractivity contribution >= 4 is 32.8 Å². The molecule has 0 N–H and O–H groups in total. The van der Waals surface area contributed by atoms with Gasteiger partial charge in [0.2, 0.25) is 5.69 Å². The maximum absolute atomic E-state index is 6.25. The normalized spacial score (nSPS) is 11.6. The number of benzene rings is 2. The predicted octanol–water partition coefficient (Wildman–Crippen LogP) is 4.93. The molecule has 0 saturated heterocycles. The summed E-state index contributed by atoms with van der Waals surface area (Å²) in [5.74, 6) is 0. The molecule has 3 aromatic heterocycles. The molecular weight excluding hydrogens is 308 g/mol. The topological polar surface area (TPSA) is 29.9 Å². The van der Waals surface area contributed by atoms with Crippen molar-refractivity contribution in [3.8, 4) is 11.3 Å². The van der Waals surface area contributed by atoms with Crippen molar-refractivity contribution in [1.29, 1.82) is 0 Å². The summed E-state index contributed by atoms with van der Waals surface area (Å²) in [7, 11) is 2.08. The van der Waals surface area contributed by atoms with Gasteiger partial charge in [0.25, 0.3) is 0 Å². The number of fused-ring (bicyclic) bond motifs is 5. The Morgan fingerprint density at radius 2 is 1.84 bits per heavy atom. The van der Waals surface area contributed by atoms with E-state index in [4.69, 9.17) is 4.42 Å². The largest absolute Gasteiger partial charge is 0.453 e. The fourth-order valence-electron chi connectivity index (χ4n) is 3.67. The smallest absolute Gasteiger partial charge is 0.224 e. The number of aryl methyl sites for hydroxylation is 2. The summed E-state index contributed by atoms with van der Waals surface area (Å²) in [5.41, 5.74) is 6.30. The van der Waals surface area contributed by atoms with E-state index in [0.29, 0.717) is 0 Å². The summed E-state index contributed by atoms with van der Waals surface area (Å²) in [6.45, 7) is 2.15. The van der Waals surface area contributed by atoms with Crippen LogP contribution in [0.3, 0.4) is 0 Å². The number of pyridine rings is 2. The van der Waals surface area contributed by atoms with Crippen molar-refractivity contribution in [2.45, 2.75) is 6.92 Å². The molecule has 25 heavy (non-hydrogen) atoms. The Kier molecular flexibility index (Phi) is 2.92. The van der Waals surface area contributed by atoms with E-state index < -0.39 is 0 Å². The molecule has 2 aromatic carbocycles. The molecule has 0 fully saturated rings. The summed E-state index contributed by atoms with van der Waals surface area (Å²) >= 11 is 0. The summed E-state index contributed by atoms with van der Waals surface area (Å²) in [6.07, 6.45) is 3.87. The summed E-state index contributed by atoms with van der Waals surface area (Å²) in [6, 6.07) is 18.8. The highest BCUT2D eigenvalue weighted by atomic mass is 16.3. The van der Waals surface area contributed by atoms with Gasteiger partial charge < -0.3 is 4.42 Å². The molecule has 0 saturated carbocycles. The molecule has 5 rings (SSSR count). The molecule has 0 radical (unpaired) electrons. The van der Waals surface area contributed by atoms with E-state index in [1.54, 1.807) is 0 Å². The fraction of sp³-hybridized carbons (Fsp3) is 0.0909. The van der Waals surface area contributed by atoms with Crippen LogP contribution in [-0.2, 0) is 7.05 Å². The van der Waals surface area contributed by atoms with Gasteiger partial charge in [-0.1, -0.05) is 30.3 Å². The van der Waals surface area contributed by atoms with Crippen LogP contribution in [0.25, 0.3) is 44.1 Å². The van der Waals surface area contributed by atoms with Crippen LogP contribution in [0.4, 0.5) is 0 Å². The minimum absolute atomic E-state index is 0.856. The van der Waals surface area contributed by atoms with E-state index >= 15 is 0 Å². The lowest BCUT2D eigenvalue weighted by molar-refractivity contribution is -0.659. The molecule has 0 aliphatic rings. The van der Waals surface area contributed by atoms with E-state index in [1.165, 1.54) is 16.8 Å². The van der Waals surface area contributed by atoms with Crippen molar-refractivity contribution < 1.29 is 8.98 Å². The minimum Gasteiger partial charge on any atom is -0.453 e. The number of rotatable bonds is 1. The van der Waals surface area contributed by atoms with Crippen molar-refractivity contribution in [2.24, 2.45) is 7.05 Å². The van der Waals surface area contributed by atoms with Crippen LogP contribution in [0.1, 0.15) is 5.56 Å². The summed E-state index contributed by atoms with van der Waals surface area (Å²) in [4.78, 5) is 4.55. The first-order chi connectivity index (χ1) is 12.2. The molecule has 0 spiro atoms. The first-order valence-corrected chi connectivity index (χ1v) is 8.38. The number of aromatic nitrogens is 2. The van der Waals surface area contributed by atoms with Gasteiger partial charge in [-0.25, -0.2) is 4.57 Å². The second kappa shape index (κ2) is 5.15. The van der Waals surface area contributed by atoms with E-state index in [0.717, 1.165) is 32.8 Å². The lowest BCUT2D eigenvalue weighted by atomic mass is 10.00. The Balaban J connectivity index is 2.00. The van der Waals surface area contributed by atoms with Crippen molar-refractivity contribution in [2.75, 3.05) is 0 Å². The zero-order chi connectivity index (χ0) is 17.0. The number of hydrogen-bond donors (Lipinski definition) is 0. The lowest BCUT2D eigenvalue weighted by Crippen LogP contribution is -2.30. The standard InChI is InChI=1S/C22H17N2O/c1-14-6-3-4-8-16(14)21-19-17-10-9-15-7-5-12-23-20(15)22(17)25-18(19)11-13-24(21)2/h3-13H,1-2H3/q+1. The lowest BCUT2D eigenvalue weighted by Gasteiger charge is -2.05. The second-order valence-corrected chi connectivity index (χ2v) is 6.45. The van der Waals surface area contributed by atoms with Gasteiger partial charge in [-0.15, -0.1) is 0 Å². The van der Waals surface area contributed by atoms with Crippen molar-refractivity contribution in [3.63, 3.8) is 0 Å². The number of furan rings is 1. The molecule has 0 amide bonds. The molecule has 3 heteroatoms. The molecule has 0 aliphatic carbocycles. The first kappa shape index (κ1) is 14.2. The molecule has 3 nitrogen and oxygen atoms in total. The van der Waals surface area contributed by atoms with E-state index in [9.17, 15) is 0 Å². The van der Waals surface area contributed by atoms with Gasteiger partial charge >= 0.3 is 0 Å². The zero-order valence-electron chi connectivity index (χ0n) is 14.2. The van der Waals surface area contributed by atoms with Gasteiger partial charge in [-0.2, -0.15) is 0 Å². The third-order valence-corrected chi connectivity index (χ3v) is 4.90. The van der Waals surface area contributed by atoms with Gasteiger partial charge in [0, 0.05) is 28.6 Å². The molecule has 120 valence electrons. The highest BCUT2D eigenvalue weighted by Gasteiger charge is 2.22. The third kappa shape index (κ3) is 1.99. The number of nitrogens with zero attached hydrogens (tertiary/aromatic N) is 2. The van der Waals surface area contributed by atoms with E-state index in [2.05, 4.69) is 72.2 Å². The highest BCUT2D eigenvalue weighted by molar-refractivity contribution is 6.17. The average Bonchev–Trinajstić information content (AvgIpc) is 3.02. The highest BCUT2D eigenvalue weighted by Crippen LogP contribution is 2.37. The van der Waals surface area contributed by atoms with Crippen LogP contribution in [0.2, 0.25) is 0 Å². The molecule has 0 aliphatic heterocycles. The summed E-state index contributed by atoms with van der Waals surface area (Å²) in [5, 5.41) is 3.34. The fourth-order valence-corrected chi connectivity index (χ4v) is 3.67. The van der Waals surface area contributed by atoms with Crippen LogP contribution >= 0.6 is 0 Å². The van der Waals surface area contributed by atoms with Crippen molar-refractivity contribution in [3.05, 3.63) is 72.6 Å². The zero-order valence-corrected chi connectivity index (χ0v) is 14.2. The minimum atomic E-state index is 0.856. The monoisotopic (exact) mass is 325 g/mol. The van der Waals surface area contributed by atoms with Crippen LogP contribution in [-0.4, -0.2) is 4.98 Å². The van der Waals surface area contributed by atoms with Crippen molar-refractivity contribution in [1.82, 2.24) is 4.98 Å². The Morgan fingerprint density at radius 1 is 0.960 bits per heavy atom.